The van der Waals surface area contributed by atoms with Gasteiger partial charge >= 0.3 is 0 Å². The molecule has 5 rings (SSSR count). The van der Waals surface area contributed by atoms with E-state index in [4.69, 9.17) is 9.84 Å². The van der Waals surface area contributed by atoms with E-state index < -0.39 is 0 Å². The molecule has 1 saturated heterocycles. The van der Waals surface area contributed by atoms with Crippen LogP contribution in [0.4, 0.5) is 5.13 Å². The molecule has 7 nitrogen and oxygen atoms in total. The molecular weight excluding hydrogens is 422 g/mol. The minimum Gasteiger partial charge on any atom is -0.373 e. The van der Waals surface area contributed by atoms with Gasteiger partial charge in [-0.1, -0.05) is 18.2 Å². The molecule has 2 unspecified atom stereocenters. The van der Waals surface area contributed by atoms with Gasteiger partial charge in [-0.15, -0.1) is 11.3 Å². The van der Waals surface area contributed by atoms with Gasteiger partial charge < -0.3 is 4.74 Å². The topological polar surface area (TPSA) is 72.3 Å². The molecule has 0 radical (unpaired) electrons. The molecule has 2 aromatic heterocycles. The van der Waals surface area contributed by atoms with E-state index in [1.54, 1.807) is 0 Å². The van der Waals surface area contributed by atoms with Crippen molar-refractivity contribution in [2.24, 2.45) is 0 Å². The first-order chi connectivity index (χ1) is 15.5. The standard InChI is InChI=1S/C24H29N5O2S/c1-15-7-4-5-9-20(15)29-21-10-6-8-19(21)22(27-29)23(30)26-24-25-18(14-32-24)13-28-11-16(2)31-17(3)12-28/h4-5,7,9,14,16-17H,6,8,10-13H2,1-3H3,(H,25,26,30). The van der Waals surface area contributed by atoms with Crippen LogP contribution >= 0.6 is 11.3 Å². The summed E-state index contributed by atoms with van der Waals surface area (Å²) in [6.45, 7) is 8.83. The Labute approximate surface area is 192 Å². The molecule has 3 aromatic rings. The van der Waals surface area contributed by atoms with Gasteiger partial charge in [-0.2, -0.15) is 5.10 Å². The number of morpholine rings is 1. The van der Waals surface area contributed by atoms with Crippen LogP contribution < -0.4 is 5.32 Å². The zero-order valence-corrected chi connectivity index (χ0v) is 19.6. The van der Waals surface area contributed by atoms with Gasteiger partial charge in [0, 0.05) is 36.3 Å². The summed E-state index contributed by atoms with van der Waals surface area (Å²) in [7, 11) is 0. The molecule has 1 aliphatic heterocycles. The van der Waals surface area contributed by atoms with E-state index in [2.05, 4.69) is 48.1 Å². The fraction of sp³-hybridized carbons (Fsp3) is 0.458. The van der Waals surface area contributed by atoms with Crippen molar-refractivity contribution in [3.63, 3.8) is 0 Å². The van der Waals surface area contributed by atoms with Crippen LogP contribution in [0.15, 0.2) is 29.6 Å². The number of hydrogen-bond acceptors (Lipinski definition) is 6. The molecule has 8 heteroatoms. The second kappa shape index (κ2) is 8.77. The number of benzene rings is 1. The van der Waals surface area contributed by atoms with E-state index in [-0.39, 0.29) is 18.1 Å². The Balaban J connectivity index is 1.32. The number of nitrogens with zero attached hydrogens (tertiary/aromatic N) is 4. The third-order valence-corrected chi connectivity index (χ3v) is 6.95. The SMILES string of the molecule is Cc1ccccc1-n1nc(C(=O)Nc2nc(CN3CC(C)OC(C)C3)cs2)c2c1CCC2. The van der Waals surface area contributed by atoms with Crippen LogP contribution in [-0.4, -0.2) is 50.9 Å². The summed E-state index contributed by atoms with van der Waals surface area (Å²) in [5, 5.41) is 10.4. The Morgan fingerprint density at radius 2 is 2.00 bits per heavy atom. The van der Waals surface area contributed by atoms with Gasteiger partial charge in [0.25, 0.3) is 5.91 Å². The molecule has 32 heavy (non-hydrogen) atoms. The monoisotopic (exact) mass is 451 g/mol. The predicted octanol–water partition coefficient (Wildman–Crippen LogP) is 3.99. The molecule has 1 fully saturated rings. The number of anilines is 1. The lowest BCUT2D eigenvalue weighted by Gasteiger charge is -2.34. The van der Waals surface area contributed by atoms with Crippen LogP contribution in [0.5, 0.6) is 0 Å². The number of nitrogens with one attached hydrogen (secondary N) is 1. The predicted molar refractivity (Wildman–Crippen MR) is 126 cm³/mol. The van der Waals surface area contributed by atoms with Crippen molar-refractivity contribution in [1.82, 2.24) is 19.7 Å². The van der Waals surface area contributed by atoms with Crippen LogP contribution in [-0.2, 0) is 24.1 Å². The fourth-order valence-corrected chi connectivity index (χ4v) is 5.55. The summed E-state index contributed by atoms with van der Waals surface area (Å²) in [4.78, 5) is 20.2. The minimum atomic E-state index is -0.176. The third kappa shape index (κ3) is 4.22. The molecule has 0 bridgehead atoms. The molecular formula is C24H29N5O2S. The second-order valence-electron chi connectivity index (χ2n) is 8.88. The van der Waals surface area contributed by atoms with E-state index in [1.165, 1.54) is 11.3 Å². The Morgan fingerprint density at radius 1 is 1.22 bits per heavy atom. The maximum atomic E-state index is 13.1. The maximum absolute atomic E-state index is 13.1. The first-order valence-corrected chi connectivity index (χ1v) is 12.2. The van der Waals surface area contributed by atoms with Crippen LogP contribution in [0.25, 0.3) is 5.69 Å². The van der Waals surface area contributed by atoms with E-state index in [0.717, 1.165) is 67.1 Å². The Bertz CT molecular complexity index is 1130. The molecule has 0 saturated carbocycles. The number of amides is 1. The number of thiazole rings is 1. The largest absolute Gasteiger partial charge is 0.373 e. The van der Waals surface area contributed by atoms with Crippen LogP contribution in [0, 0.1) is 6.92 Å². The quantitative estimate of drug-likeness (QED) is 0.635. The number of aryl methyl sites for hydroxylation is 1. The van der Waals surface area contributed by atoms with Crippen LogP contribution in [0.3, 0.4) is 0 Å². The average Bonchev–Trinajstić information content (AvgIpc) is 3.45. The zero-order valence-electron chi connectivity index (χ0n) is 18.8. The van der Waals surface area contributed by atoms with Crippen LogP contribution in [0.2, 0.25) is 0 Å². The third-order valence-electron chi connectivity index (χ3n) is 6.14. The number of aromatic nitrogens is 3. The highest BCUT2D eigenvalue weighted by molar-refractivity contribution is 7.14. The van der Waals surface area contributed by atoms with Gasteiger partial charge in [-0.3, -0.25) is 15.0 Å². The van der Waals surface area contributed by atoms with Crippen molar-refractivity contribution < 1.29 is 9.53 Å². The summed E-state index contributed by atoms with van der Waals surface area (Å²) in [6, 6.07) is 8.17. The lowest BCUT2D eigenvalue weighted by molar-refractivity contribution is -0.0707. The van der Waals surface area contributed by atoms with Gasteiger partial charge in [0.05, 0.1) is 23.6 Å². The van der Waals surface area contributed by atoms with Crippen molar-refractivity contribution in [1.29, 1.82) is 0 Å². The minimum absolute atomic E-state index is 0.176. The highest BCUT2D eigenvalue weighted by Gasteiger charge is 2.28. The highest BCUT2D eigenvalue weighted by Crippen LogP contribution is 2.29. The summed E-state index contributed by atoms with van der Waals surface area (Å²) in [5.74, 6) is -0.176. The molecule has 1 aliphatic carbocycles. The van der Waals surface area contributed by atoms with Crippen molar-refractivity contribution in [3.05, 3.63) is 57.9 Å². The molecule has 0 spiro atoms. The normalized spacial score (nSPS) is 21.0. The van der Waals surface area contributed by atoms with Crippen molar-refractivity contribution >= 4 is 22.4 Å². The first kappa shape index (κ1) is 21.3. The maximum Gasteiger partial charge on any atom is 0.278 e. The van der Waals surface area contributed by atoms with E-state index in [0.29, 0.717) is 10.8 Å². The molecule has 1 amide bonds. The number of carbonyl (C=O) groups excluding carboxylic acids is 1. The van der Waals surface area contributed by atoms with E-state index >= 15 is 0 Å². The Kier molecular flexibility index (Phi) is 5.84. The molecule has 2 aliphatic rings. The van der Waals surface area contributed by atoms with Gasteiger partial charge in [0.1, 0.15) is 0 Å². The summed E-state index contributed by atoms with van der Waals surface area (Å²) in [6.07, 6.45) is 3.34. The number of hydrogen-bond donors (Lipinski definition) is 1. The van der Waals surface area contributed by atoms with Crippen molar-refractivity contribution in [2.75, 3.05) is 18.4 Å². The molecule has 1 aromatic carbocycles. The van der Waals surface area contributed by atoms with Crippen molar-refractivity contribution in [3.8, 4) is 5.69 Å². The molecule has 3 heterocycles. The van der Waals surface area contributed by atoms with Gasteiger partial charge in [-0.25, -0.2) is 9.67 Å². The summed E-state index contributed by atoms with van der Waals surface area (Å²) >= 11 is 1.47. The van der Waals surface area contributed by atoms with Gasteiger partial charge in [0.2, 0.25) is 0 Å². The molecule has 168 valence electrons. The lowest BCUT2D eigenvalue weighted by atomic mass is 10.2. The first-order valence-electron chi connectivity index (χ1n) is 11.3. The lowest BCUT2D eigenvalue weighted by Crippen LogP contribution is -2.44. The number of para-hydroxylation sites is 1. The number of fused-ring (bicyclic) bond motifs is 1. The van der Waals surface area contributed by atoms with Crippen molar-refractivity contribution in [2.45, 2.75) is 58.8 Å². The van der Waals surface area contributed by atoms with Gasteiger partial charge in [-0.05, 0) is 51.7 Å². The summed E-state index contributed by atoms with van der Waals surface area (Å²) in [5.41, 5.74) is 5.90. The Morgan fingerprint density at radius 3 is 2.78 bits per heavy atom. The fourth-order valence-electron chi connectivity index (χ4n) is 4.86. The zero-order chi connectivity index (χ0) is 22.2. The second-order valence-corrected chi connectivity index (χ2v) is 9.73. The average molecular weight is 452 g/mol. The Hall–Kier alpha value is -2.55. The molecule has 2 atom stereocenters. The smallest absolute Gasteiger partial charge is 0.278 e. The molecule has 1 N–H and O–H groups in total. The van der Waals surface area contributed by atoms with E-state index in [9.17, 15) is 4.79 Å². The summed E-state index contributed by atoms with van der Waals surface area (Å²) < 4.78 is 7.77. The van der Waals surface area contributed by atoms with Gasteiger partial charge in [0.15, 0.2) is 10.8 Å². The van der Waals surface area contributed by atoms with E-state index in [1.807, 2.05) is 22.2 Å². The van der Waals surface area contributed by atoms with Crippen LogP contribution in [0.1, 0.15) is 53.3 Å². The number of ether oxygens (including phenoxy) is 1. The highest BCUT2D eigenvalue weighted by atomic mass is 32.1. The number of rotatable bonds is 5. The number of carbonyl (C=O) groups is 1.